The second-order valence-corrected chi connectivity index (χ2v) is 10.1. The van der Waals surface area contributed by atoms with E-state index in [2.05, 4.69) is 0 Å². The molecule has 35 heavy (non-hydrogen) atoms. The van der Waals surface area contributed by atoms with Crippen molar-refractivity contribution in [3.63, 3.8) is 0 Å². The molecular weight excluding hydrogens is 450 g/mol. The first-order valence-electron chi connectivity index (χ1n) is 12.3. The molecule has 2 fully saturated rings. The number of para-hydroxylation sites is 1. The molecule has 2 aliphatic rings. The number of likely N-dealkylation sites (tertiary alicyclic amines) is 1. The minimum atomic E-state index is -0.568. The third-order valence-corrected chi connectivity index (χ3v) is 6.48. The van der Waals surface area contributed by atoms with E-state index in [9.17, 15) is 14.4 Å². The predicted octanol–water partition coefficient (Wildman–Crippen LogP) is 3.09. The highest BCUT2D eigenvalue weighted by molar-refractivity contribution is 5.85. The summed E-state index contributed by atoms with van der Waals surface area (Å²) in [5.41, 5.74) is 0.254. The number of nitrogens with zero attached hydrogens (tertiary/aromatic N) is 3. The van der Waals surface area contributed by atoms with Crippen LogP contribution in [0.5, 0.6) is 5.75 Å². The fourth-order valence-corrected chi connectivity index (χ4v) is 4.84. The van der Waals surface area contributed by atoms with E-state index in [0.717, 1.165) is 5.56 Å². The van der Waals surface area contributed by atoms with Crippen LogP contribution >= 0.6 is 0 Å². The first-order chi connectivity index (χ1) is 16.7. The maximum absolute atomic E-state index is 13.9. The average Bonchev–Trinajstić information content (AvgIpc) is 3.08. The molecule has 2 heterocycles. The number of hydrogen-bond acceptors (Lipinski definition) is 6. The Balaban J connectivity index is 1.83. The van der Waals surface area contributed by atoms with Crippen LogP contribution < -0.4 is 4.74 Å². The molecule has 0 radical (unpaired) electrons. The van der Waals surface area contributed by atoms with Gasteiger partial charge in [-0.25, -0.2) is 4.79 Å². The first kappa shape index (κ1) is 26.8. The molecule has 9 heteroatoms. The van der Waals surface area contributed by atoms with Crippen LogP contribution in [0.2, 0.25) is 0 Å². The normalized spacial score (nSPS) is 21.5. The number of carbonyl (C=O) groups excluding carboxylic acids is 3. The highest BCUT2D eigenvalue weighted by atomic mass is 16.6. The van der Waals surface area contributed by atoms with Crippen molar-refractivity contribution in [3.05, 3.63) is 29.8 Å². The molecule has 3 rings (SSSR count). The van der Waals surface area contributed by atoms with Gasteiger partial charge in [0, 0.05) is 51.8 Å². The summed E-state index contributed by atoms with van der Waals surface area (Å²) >= 11 is 0. The highest BCUT2D eigenvalue weighted by Crippen LogP contribution is 2.41. The molecule has 0 spiro atoms. The molecular formula is C26H39N3O6. The molecule has 0 unspecified atom stereocenters. The van der Waals surface area contributed by atoms with Crippen LogP contribution in [-0.2, 0) is 19.1 Å². The molecule has 2 saturated heterocycles. The van der Waals surface area contributed by atoms with Crippen molar-refractivity contribution in [1.29, 1.82) is 0 Å². The van der Waals surface area contributed by atoms with Gasteiger partial charge in [-0.3, -0.25) is 9.59 Å². The lowest BCUT2D eigenvalue weighted by Crippen LogP contribution is -2.50. The van der Waals surface area contributed by atoms with Gasteiger partial charge in [0.1, 0.15) is 11.4 Å². The van der Waals surface area contributed by atoms with E-state index in [4.69, 9.17) is 14.2 Å². The zero-order valence-electron chi connectivity index (χ0n) is 21.6. The van der Waals surface area contributed by atoms with Crippen molar-refractivity contribution in [1.82, 2.24) is 14.7 Å². The average molecular weight is 490 g/mol. The van der Waals surface area contributed by atoms with Gasteiger partial charge in [0.15, 0.2) is 0 Å². The summed E-state index contributed by atoms with van der Waals surface area (Å²) in [5, 5.41) is 0. The number of methoxy groups -OCH3 is 2. The van der Waals surface area contributed by atoms with Crippen LogP contribution in [0, 0.1) is 5.92 Å². The zero-order valence-corrected chi connectivity index (χ0v) is 21.6. The Bertz CT molecular complexity index is 899. The molecule has 3 amide bonds. The van der Waals surface area contributed by atoms with E-state index < -0.39 is 17.6 Å². The molecule has 1 aromatic carbocycles. The van der Waals surface area contributed by atoms with Gasteiger partial charge in [-0.1, -0.05) is 18.2 Å². The minimum Gasteiger partial charge on any atom is -0.496 e. The molecule has 0 saturated carbocycles. The highest BCUT2D eigenvalue weighted by Gasteiger charge is 2.43. The SMILES string of the molecule is COCCN1C(=O)CC[C@@H](C(=O)N2CCCN(C(=O)OC(C)(C)C)CC2)[C@@H]1c1ccccc1OC. The molecule has 2 aliphatic heterocycles. The van der Waals surface area contributed by atoms with Crippen LogP contribution in [0.25, 0.3) is 0 Å². The van der Waals surface area contributed by atoms with Gasteiger partial charge in [0.05, 0.1) is 25.7 Å². The van der Waals surface area contributed by atoms with Crippen LogP contribution in [0.3, 0.4) is 0 Å². The quantitative estimate of drug-likeness (QED) is 0.610. The Morgan fingerprint density at radius 2 is 1.71 bits per heavy atom. The lowest BCUT2D eigenvalue weighted by molar-refractivity contribution is -0.148. The lowest BCUT2D eigenvalue weighted by Gasteiger charge is -2.42. The Kier molecular flexibility index (Phi) is 8.99. The third kappa shape index (κ3) is 6.66. The second-order valence-electron chi connectivity index (χ2n) is 10.1. The van der Waals surface area contributed by atoms with Crippen molar-refractivity contribution >= 4 is 17.9 Å². The second kappa shape index (κ2) is 11.7. The number of carbonyl (C=O) groups is 3. The summed E-state index contributed by atoms with van der Waals surface area (Å²) in [6, 6.07) is 7.12. The summed E-state index contributed by atoms with van der Waals surface area (Å²) in [7, 11) is 3.20. The Morgan fingerprint density at radius 3 is 2.40 bits per heavy atom. The molecule has 0 aromatic heterocycles. The van der Waals surface area contributed by atoms with E-state index in [1.165, 1.54) is 0 Å². The summed E-state index contributed by atoms with van der Waals surface area (Å²) in [4.78, 5) is 44.7. The van der Waals surface area contributed by atoms with E-state index in [1.807, 2.05) is 49.9 Å². The van der Waals surface area contributed by atoms with Crippen molar-refractivity contribution in [2.45, 2.75) is 51.7 Å². The Hall–Kier alpha value is -2.81. The van der Waals surface area contributed by atoms with E-state index >= 15 is 0 Å². The lowest BCUT2D eigenvalue weighted by atomic mass is 9.82. The monoisotopic (exact) mass is 489 g/mol. The number of benzene rings is 1. The number of piperidine rings is 1. The third-order valence-electron chi connectivity index (χ3n) is 6.48. The number of hydrogen-bond donors (Lipinski definition) is 0. The fourth-order valence-electron chi connectivity index (χ4n) is 4.84. The van der Waals surface area contributed by atoms with Crippen molar-refractivity contribution < 1.29 is 28.6 Å². The minimum absolute atomic E-state index is 0.00172. The maximum Gasteiger partial charge on any atom is 0.410 e. The van der Waals surface area contributed by atoms with Gasteiger partial charge in [-0.15, -0.1) is 0 Å². The molecule has 0 N–H and O–H groups in total. The maximum atomic E-state index is 13.9. The standard InChI is InChI=1S/C26H39N3O6/c1-26(2,3)35-25(32)28-14-8-13-27(15-16-28)24(31)20-11-12-22(30)29(17-18-33-4)23(20)19-9-6-7-10-21(19)34-5/h6-7,9-10,20,23H,8,11-18H2,1-5H3/t20-,23+/m1/s1. The Morgan fingerprint density at radius 1 is 1.03 bits per heavy atom. The molecule has 194 valence electrons. The first-order valence-corrected chi connectivity index (χ1v) is 12.3. The Labute approximate surface area is 208 Å². The summed E-state index contributed by atoms with van der Waals surface area (Å²) in [5.74, 6) is 0.254. The van der Waals surface area contributed by atoms with Crippen molar-refractivity contribution in [2.75, 3.05) is 53.6 Å². The van der Waals surface area contributed by atoms with Gasteiger partial charge < -0.3 is 28.9 Å². The largest absolute Gasteiger partial charge is 0.496 e. The van der Waals surface area contributed by atoms with Crippen molar-refractivity contribution in [3.8, 4) is 5.75 Å². The smallest absolute Gasteiger partial charge is 0.410 e. The summed E-state index contributed by atoms with van der Waals surface area (Å²) < 4.78 is 16.4. The predicted molar refractivity (Wildman–Crippen MR) is 131 cm³/mol. The van der Waals surface area contributed by atoms with Crippen LogP contribution in [0.1, 0.15) is 51.6 Å². The zero-order chi connectivity index (χ0) is 25.6. The topological polar surface area (TPSA) is 88.6 Å². The van der Waals surface area contributed by atoms with Crippen LogP contribution in [0.15, 0.2) is 24.3 Å². The number of amides is 3. The van der Waals surface area contributed by atoms with Crippen molar-refractivity contribution in [2.24, 2.45) is 5.92 Å². The molecule has 0 bridgehead atoms. The molecule has 0 aliphatic carbocycles. The molecule has 9 nitrogen and oxygen atoms in total. The van der Waals surface area contributed by atoms with Gasteiger partial charge in [0.25, 0.3) is 0 Å². The van der Waals surface area contributed by atoms with Gasteiger partial charge >= 0.3 is 6.09 Å². The van der Waals surface area contributed by atoms with Gasteiger partial charge in [-0.2, -0.15) is 0 Å². The number of rotatable bonds is 6. The van der Waals surface area contributed by atoms with E-state index in [0.29, 0.717) is 64.3 Å². The summed E-state index contributed by atoms with van der Waals surface area (Å²) in [6.45, 7) is 8.25. The molecule has 2 atom stereocenters. The fraction of sp³-hybridized carbons (Fsp3) is 0.654. The number of ether oxygens (including phenoxy) is 3. The summed E-state index contributed by atoms with van der Waals surface area (Å²) in [6.07, 6.45) is 1.09. The van der Waals surface area contributed by atoms with Gasteiger partial charge in [-0.05, 0) is 39.7 Å². The van der Waals surface area contributed by atoms with Crippen LogP contribution in [0.4, 0.5) is 4.79 Å². The van der Waals surface area contributed by atoms with Gasteiger partial charge in [0.2, 0.25) is 11.8 Å². The molecule has 1 aromatic rings. The van der Waals surface area contributed by atoms with E-state index in [-0.39, 0.29) is 17.9 Å². The van der Waals surface area contributed by atoms with Crippen LogP contribution in [-0.4, -0.2) is 91.8 Å². The van der Waals surface area contributed by atoms with E-state index in [1.54, 1.807) is 24.0 Å².